The first-order chi connectivity index (χ1) is 15.9. The molecular weight excluding hydrogens is 432 g/mol. The summed E-state index contributed by atoms with van der Waals surface area (Å²) in [6, 6.07) is 5.35. The van der Waals surface area contributed by atoms with Gasteiger partial charge in [-0.05, 0) is 12.5 Å². The van der Waals surface area contributed by atoms with E-state index >= 15 is 0 Å². The van der Waals surface area contributed by atoms with E-state index in [0.717, 1.165) is 41.9 Å². The van der Waals surface area contributed by atoms with E-state index in [2.05, 4.69) is 27.7 Å². The average molecular weight is 481 g/mol. The van der Waals surface area contributed by atoms with Crippen molar-refractivity contribution in [2.75, 3.05) is 6.61 Å². The summed E-state index contributed by atoms with van der Waals surface area (Å²) in [5, 5.41) is 1.04. The van der Waals surface area contributed by atoms with Crippen LogP contribution in [0, 0.1) is 0 Å². The van der Waals surface area contributed by atoms with Crippen LogP contribution in [-0.4, -0.2) is 26.6 Å². The maximum atomic E-state index is 12.2. The molecule has 1 atom stereocenters. The number of carbonyl (C=O) groups excluding carboxylic acids is 2. The van der Waals surface area contributed by atoms with Gasteiger partial charge >= 0.3 is 11.9 Å². The molecule has 33 heavy (non-hydrogen) atoms. The Kier molecular flexibility index (Phi) is 15.1. The van der Waals surface area contributed by atoms with Crippen LogP contribution in [0.25, 0.3) is 0 Å². The molecule has 0 bridgehead atoms. The molecule has 6 heteroatoms. The molecular formula is C27H48O5Si. The van der Waals surface area contributed by atoms with Gasteiger partial charge in [-0.3, -0.25) is 9.59 Å². The van der Waals surface area contributed by atoms with E-state index in [1.807, 2.05) is 6.07 Å². The number of esters is 2. The van der Waals surface area contributed by atoms with Crippen molar-refractivity contribution in [2.45, 2.75) is 129 Å². The number of unbranched alkanes of at least 4 members (excludes halogenated alkanes) is 9. The standard InChI is InChI=1S/C27H48O5Si/c1-6-10-11-12-13-14-15-16-17-18-19-26(29)30-22-25(32-23(5)28)24-20-27(31-21-24)33(7-2,8-3)9-4/h20-21,25H,6-19,22H2,1-5H3. The van der Waals surface area contributed by atoms with Gasteiger partial charge in [0.15, 0.2) is 6.10 Å². The van der Waals surface area contributed by atoms with Crippen molar-refractivity contribution in [2.24, 2.45) is 0 Å². The van der Waals surface area contributed by atoms with Crippen LogP contribution < -0.4 is 5.38 Å². The van der Waals surface area contributed by atoms with Crippen LogP contribution in [0.1, 0.15) is 117 Å². The maximum Gasteiger partial charge on any atom is 0.305 e. The molecule has 1 heterocycles. The van der Waals surface area contributed by atoms with Gasteiger partial charge in [-0.1, -0.05) is 104 Å². The zero-order chi connectivity index (χ0) is 24.5. The SMILES string of the molecule is CCCCCCCCCCCCC(=O)OCC(OC(C)=O)c1coc([Si](CC)(CC)CC)c1. The number of furan rings is 1. The average Bonchev–Trinajstić information content (AvgIpc) is 3.30. The van der Waals surface area contributed by atoms with Gasteiger partial charge in [-0.25, -0.2) is 0 Å². The van der Waals surface area contributed by atoms with Crippen molar-refractivity contribution in [1.82, 2.24) is 0 Å². The van der Waals surface area contributed by atoms with Gasteiger partial charge in [0.2, 0.25) is 0 Å². The fourth-order valence-electron chi connectivity index (χ4n) is 4.47. The lowest BCUT2D eigenvalue weighted by Gasteiger charge is -2.24. The highest BCUT2D eigenvalue weighted by Crippen LogP contribution is 2.25. The molecule has 5 nitrogen and oxygen atoms in total. The second-order valence-corrected chi connectivity index (χ2v) is 14.5. The molecule has 1 unspecified atom stereocenters. The van der Waals surface area contributed by atoms with E-state index < -0.39 is 20.1 Å². The van der Waals surface area contributed by atoms with Crippen LogP contribution in [0.3, 0.4) is 0 Å². The van der Waals surface area contributed by atoms with E-state index in [1.54, 1.807) is 6.26 Å². The van der Waals surface area contributed by atoms with Crippen LogP contribution in [0.5, 0.6) is 0 Å². The van der Waals surface area contributed by atoms with Gasteiger partial charge in [0.05, 0.1) is 11.6 Å². The summed E-state index contributed by atoms with van der Waals surface area (Å²) < 4.78 is 16.9. The highest BCUT2D eigenvalue weighted by molar-refractivity contribution is 6.90. The van der Waals surface area contributed by atoms with E-state index in [4.69, 9.17) is 13.9 Å². The molecule has 0 N–H and O–H groups in total. The van der Waals surface area contributed by atoms with E-state index in [0.29, 0.717) is 6.42 Å². The van der Waals surface area contributed by atoms with Crippen molar-refractivity contribution >= 4 is 25.4 Å². The van der Waals surface area contributed by atoms with Gasteiger partial charge in [0.1, 0.15) is 14.7 Å². The van der Waals surface area contributed by atoms with Crippen molar-refractivity contribution in [3.63, 3.8) is 0 Å². The zero-order valence-electron chi connectivity index (χ0n) is 21.9. The third-order valence-corrected chi connectivity index (χ3v) is 12.4. The fraction of sp³-hybridized carbons (Fsp3) is 0.778. The molecule has 0 radical (unpaired) electrons. The number of rotatable bonds is 19. The third-order valence-electron chi connectivity index (χ3n) is 6.98. The molecule has 0 aliphatic carbocycles. The van der Waals surface area contributed by atoms with E-state index in [-0.39, 0.29) is 12.6 Å². The van der Waals surface area contributed by atoms with Gasteiger partial charge in [0.25, 0.3) is 0 Å². The minimum absolute atomic E-state index is 0.0358. The summed E-state index contributed by atoms with van der Waals surface area (Å²) >= 11 is 0. The second-order valence-electron chi connectivity index (χ2n) is 9.30. The summed E-state index contributed by atoms with van der Waals surface area (Å²) in [6.07, 6.45) is 13.8. The molecule has 1 aromatic heterocycles. The van der Waals surface area contributed by atoms with Gasteiger partial charge in [-0.15, -0.1) is 0 Å². The number of hydrogen-bond acceptors (Lipinski definition) is 5. The predicted octanol–water partition coefficient (Wildman–Crippen LogP) is 7.45. The molecule has 0 saturated carbocycles. The molecule has 190 valence electrons. The molecule has 0 spiro atoms. The Bertz CT molecular complexity index is 657. The number of ether oxygens (including phenoxy) is 2. The lowest BCUT2D eigenvalue weighted by atomic mass is 10.1. The van der Waals surface area contributed by atoms with Crippen LogP contribution in [-0.2, 0) is 19.1 Å². The molecule has 0 aliphatic heterocycles. The first kappa shape index (κ1) is 29.5. The molecule has 0 amide bonds. The minimum Gasteiger partial charge on any atom is -0.474 e. The largest absolute Gasteiger partial charge is 0.474 e. The van der Waals surface area contributed by atoms with Gasteiger partial charge in [0, 0.05) is 18.9 Å². The highest BCUT2D eigenvalue weighted by Gasteiger charge is 2.34. The lowest BCUT2D eigenvalue weighted by molar-refractivity contribution is -0.158. The normalized spacial score (nSPS) is 12.5. The lowest BCUT2D eigenvalue weighted by Crippen LogP contribution is -2.44. The van der Waals surface area contributed by atoms with Crippen LogP contribution >= 0.6 is 0 Å². The Morgan fingerprint density at radius 1 is 0.879 bits per heavy atom. The summed E-state index contributed by atoms with van der Waals surface area (Å²) in [6.45, 7) is 10.3. The Morgan fingerprint density at radius 3 is 1.94 bits per heavy atom. The summed E-state index contributed by atoms with van der Waals surface area (Å²) in [5.74, 6) is -0.617. The van der Waals surface area contributed by atoms with Crippen molar-refractivity contribution in [3.8, 4) is 0 Å². The Morgan fingerprint density at radius 2 is 1.42 bits per heavy atom. The van der Waals surface area contributed by atoms with E-state index in [9.17, 15) is 9.59 Å². The Hall–Kier alpha value is -1.56. The monoisotopic (exact) mass is 480 g/mol. The fourth-order valence-corrected chi connectivity index (χ4v) is 7.79. The quantitative estimate of drug-likeness (QED) is 0.117. The number of hydrogen-bond donors (Lipinski definition) is 0. The predicted molar refractivity (Wildman–Crippen MR) is 137 cm³/mol. The van der Waals surface area contributed by atoms with Crippen molar-refractivity contribution in [1.29, 1.82) is 0 Å². The summed E-state index contributed by atoms with van der Waals surface area (Å²) in [5.41, 5.74) is 0.777. The minimum atomic E-state index is -1.66. The molecule has 0 aromatic carbocycles. The Balaban J connectivity index is 2.42. The molecule has 1 rings (SSSR count). The summed E-state index contributed by atoms with van der Waals surface area (Å²) in [4.78, 5) is 23.9. The first-order valence-corrected chi connectivity index (χ1v) is 16.0. The van der Waals surface area contributed by atoms with Gasteiger partial charge in [-0.2, -0.15) is 0 Å². The highest BCUT2D eigenvalue weighted by atomic mass is 28.3. The molecule has 0 fully saturated rings. The molecule has 0 saturated heterocycles. The van der Waals surface area contributed by atoms with Gasteiger partial charge < -0.3 is 13.9 Å². The smallest absolute Gasteiger partial charge is 0.305 e. The Labute approximate surface area is 203 Å². The zero-order valence-corrected chi connectivity index (χ0v) is 22.9. The molecule has 1 aromatic rings. The number of carbonyl (C=O) groups is 2. The van der Waals surface area contributed by atoms with Crippen LogP contribution in [0.4, 0.5) is 0 Å². The van der Waals surface area contributed by atoms with Crippen LogP contribution in [0.15, 0.2) is 16.7 Å². The van der Waals surface area contributed by atoms with Crippen molar-refractivity contribution in [3.05, 3.63) is 17.9 Å². The first-order valence-electron chi connectivity index (χ1n) is 13.3. The maximum absolute atomic E-state index is 12.2. The van der Waals surface area contributed by atoms with Crippen LogP contribution in [0.2, 0.25) is 18.1 Å². The second kappa shape index (κ2) is 17.0. The molecule has 0 aliphatic rings. The van der Waals surface area contributed by atoms with E-state index in [1.165, 1.54) is 58.3 Å². The third kappa shape index (κ3) is 10.9. The summed E-state index contributed by atoms with van der Waals surface area (Å²) in [7, 11) is -1.66. The topological polar surface area (TPSA) is 65.7 Å². The van der Waals surface area contributed by atoms with Crippen molar-refractivity contribution < 1.29 is 23.5 Å².